The summed E-state index contributed by atoms with van der Waals surface area (Å²) in [5, 5.41) is 8.70. The number of carbonyl (C=O) groups is 2. The Morgan fingerprint density at radius 1 is 0.969 bits per heavy atom. The molecule has 2 heterocycles. The Morgan fingerprint density at radius 3 is 2.41 bits per heavy atom. The Hall–Kier alpha value is -3.27. The van der Waals surface area contributed by atoms with Gasteiger partial charge >= 0.3 is 0 Å². The molecule has 4 aromatic rings. The van der Waals surface area contributed by atoms with Crippen molar-refractivity contribution in [3.63, 3.8) is 0 Å². The molecule has 2 aromatic carbocycles. The van der Waals surface area contributed by atoms with Crippen molar-refractivity contribution in [2.75, 3.05) is 17.7 Å². The Bertz CT molecular complexity index is 1280. The first-order chi connectivity index (χ1) is 15.4. The van der Waals surface area contributed by atoms with E-state index in [9.17, 15) is 9.59 Å². The van der Waals surface area contributed by atoms with E-state index in [4.69, 9.17) is 16.3 Å². The van der Waals surface area contributed by atoms with Gasteiger partial charge in [0.25, 0.3) is 11.8 Å². The molecule has 0 radical (unpaired) electrons. The summed E-state index contributed by atoms with van der Waals surface area (Å²) >= 11 is 8.71. The zero-order valence-corrected chi connectivity index (χ0v) is 19.4. The van der Waals surface area contributed by atoms with Crippen molar-refractivity contribution in [3.05, 3.63) is 75.8 Å². The van der Waals surface area contributed by atoms with Crippen LogP contribution in [0.4, 0.5) is 10.3 Å². The van der Waals surface area contributed by atoms with Crippen molar-refractivity contribution < 1.29 is 14.3 Å². The van der Waals surface area contributed by atoms with E-state index in [1.54, 1.807) is 55.6 Å². The molecule has 2 N–H and O–H groups in total. The van der Waals surface area contributed by atoms with E-state index in [-0.39, 0.29) is 11.8 Å². The summed E-state index contributed by atoms with van der Waals surface area (Å²) in [6.45, 7) is 1.84. The van der Waals surface area contributed by atoms with Crippen molar-refractivity contribution >= 4 is 56.4 Å². The summed E-state index contributed by atoms with van der Waals surface area (Å²) in [5.74, 6) is 0.0834. The topological polar surface area (TPSA) is 93.2 Å². The molecular weight excluding hydrogens is 468 g/mol. The van der Waals surface area contributed by atoms with E-state index < -0.39 is 0 Å². The number of ether oxygens (including phenoxy) is 1. The molecule has 7 nitrogen and oxygen atoms in total. The SMILES string of the molecule is COc1ccc(C(=O)Nc2nc(-c3sc(NC(=O)c4ccccc4Cl)nc3C)cs2)cc1. The van der Waals surface area contributed by atoms with E-state index >= 15 is 0 Å². The van der Waals surface area contributed by atoms with E-state index in [0.29, 0.717) is 37.9 Å². The van der Waals surface area contributed by atoms with Crippen LogP contribution < -0.4 is 15.4 Å². The van der Waals surface area contributed by atoms with Crippen LogP contribution in [0.3, 0.4) is 0 Å². The zero-order valence-electron chi connectivity index (χ0n) is 17.0. The molecule has 0 saturated carbocycles. The minimum atomic E-state index is -0.332. The summed E-state index contributed by atoms with van der Waals surface area (Å²) in [6, 6.07) is 13.6. The molecule has 0 aliphatic rings. The van der Waals surface area contributed by atoms with Crippen LogP contribution in [0.25, 0.3) is 10.6 Å². The molecule has 162 valence electrons. The fourth-order valence-electron chi connectivity index (χ4n) is 2.84. The lowest BCUT2D eigenvalue weighted by molar-refractivity contribution is 0.101. The second-order valence-corrected chi connectivity index (χ2v) is 8.85. The second-order valence-electron chi connectivity index (χ2n) is 6.59. The van der Waals surface area contributed by atoms with E-state index in [0.717, 1.165) is 10.6 Å². The van der Waals surface area contributed by atoms with Crippen LogP contribution in [0.2, 0.25) is 5.02 Å². The molecule has 0 aliphatic heterocycles. The van der Waals surface area contributed by atoms with Crippen LogP contribution in [-0.4, -0.2) is 28.9 Å². The van der Waals surface area contributed by atoms with Crippen molar-refractivity contribution in [2.24, 2.45) is 0 Å². The van der Waals surface area contributed by atoms with E-state index in [2.05, 4.69) is 20.6 Å². The fraction of sp³-hybridized carbons (Fsp3) is 0.0909. The smallest absolute Gasteiger partial charge is 0.258 e. The lowest BCUT2D eigenvalue weighted by Gasteiger charge is -2.03. The highest BCUT2D eigenvalue weighted by Crippen LogP contribution is 2.35. The lowest BCUT2D eigenvalue weighted by atomic mass is 10.2. The molecule has 0 saturated heterocycles. The van der Waals surface area contributed by atoms with Gasteiger partial charge < -0.3 is 4.74 Å². The molecule has 0 atom stereocenters. The Morgan fingerprint density at radius 2 is 1.69 bits per heavy atom. The number of carbonyl (C=O) groups excluding carboxylic acids is 2. The highest BCUT2D eigenvalue weighted by molar-refractivity contribution is 7.20. The second kappa shape index (κ2) is 9.47. The molecule has 4 rings (SSSR count). The molecule has 0 unspecified atom stereocenters. The quantitative estimate of drug-likeness (QED) is 0.364. The molecule has 2 amide bonds. The number of aryl methyl sites for hydroxylation is 1. The Balaban J connectivity index is 1.47. The van der Waals surface area contributed by atoms with Crippen LogP contribution in [0.1, 0.15) is 26.4 Å². The van der Waals surface area contributed by atoms with Gasteiger partial charge in [-0.15, -0.1) is 11.3 Å². The van der Waals surface area contributed by atoms with Crippen LogP contribution >= 0.6 is 34.3 Å². The van der Waals surface area contributed by atoms with Crippen LogP contribution in [0, 0.1) is 6.92 Å². The number of benzene rings is 2. The minimum absolute atomic E-state index is 0.262. The van der Waals surface area contributed by atoms with Crippen LogP contribution in [0.15, 0.2) is 53.9 Å². The summed E-state index contributed by atoms with van der Waals surface area (Å²) < 4.78 is 5.11. The highest BCUT2D eigenvalue weighted by Gasteiger charge is 2.17. The van der Waals surface area contributed by atoms with Crippen LogP contribution in [-0.2, 0) is 0 Å². The maximum Gasteiger partial charge on any atom is 0.258 e. The van der Waals surface area contributed by atoms with Gasteiger partial charge in [0.1, 0.15) is 5.75 Å². The third kappa shape index (κ3) is 4.80. The summed E-state index contributed by atoms with van der Waals surface area (Å²) in [6.07, 6.45) is 0. The average molecular weight is 485 g/mol. The first-order valence-corrected chi connectivity index (χ1v) is 11.5. The predicted molar refractivity (Wildman–Crippen MR) is 128 cm³/mol. The third-order valence-corrected chi connectivity index (χ3v) is 6.63. The van der Waals surface area contributed by atoms with Gasteiger partial charge in [-0.1, -0.05) is 35.1 Å². The number of amides is 2. The van der Waals surface area contributed by atoms with Gasteiger partial charge in [0, 0.05) is 10.9 Å². The third-order valence-electron chi connectivity index (χ3n) is 4.45. The Kier molecular flexibility index (Phi) is 6.50. The normalized spacial score (nSPS) is 10.6. The molecule has 0 bridgehead atoms. The van der Waals surface area contributed by atoms with Crippen LogP contribution in [0.5, 0.6) is 5.75 Å². The van der Waals surface area contributed by atoms with Gasteiger partial charge in [0.15, 0.2) is 10.3 Å². The number of methoxy groups -OCH3 is 1. The monoisotopic (exact) mass is 484 g/mol. The lowest BCUT2D eigenvalue weighted by Crippen LogP contribution is -2.12. The fourth-order valence-corrected chi connectivity index (χ4v) is 4.76. The summed E-state index contributed by atoms with van der Waals surface area (Å²) in [5.41, 5.74) is 2.28. The maximum atomic E-state index is 12.5. The minimum Gasteiger partial charge on any atom is -0.497 e. The first kappa shape index (κ1) is 21.9. The number of anilines is 2. The Labute approximate surface area is 197 Å². The highest BCUT2D eigenvalue weighted by atomic mass is 35.5. The maximum absolute atomic E-state index is 12.5. The number of aromatic nitrogens is 2. The van der Waals surface area contributed by atoms with E-state index in [1.165, 1.54) is 22.7 Å². The molecule has 2 aromatic heterocycles. The molecule has 0 spiro atoms. The largest absolute Gasteiger partial charge is 0.497 e. The average Bonchev–Trinajstić information content (AvgIpc) is 3.39. The van der Waals surface area contributed by atoms with Crippen molar-refractivity contribution in [2.45, 2.75) is 6.92 Å². The van der Waals surface area contributed by atoms with Gasteiger partial charge in [-0.2, -0.15) is 0 Å². The number of hydrogen-bond donors (Lipinski definition) is 2. The molecule has 32 heavy (non-hydrogen) atoms. The van der Waals surface area contributed by atoms with Gasteiger partial charge in [-0.05, 0) is 43.3 Å². The van der Waals surface area contributed by atoms with Crippen molar-refractivity contribution in [1.29, 1.82) is 0 Å². The number of hydrogen-bond acceptors (Lipinski definition) is 7. The van der Waals surface area contributed by atoms with Gasteiger partial charge in [-0.25, -0.2) is 9.97 Å². The van der Waals surface area contributed by atoms with Gasteiger partial charge in [-0.3, -0.25) is 20.2 Å². The summed E-state index contributed by atoms with van der Waals surface area (Å²) in [7, 11) is 1.57. The molecule has 0 fully saturated rings. The standard InChI is InChI=1S/C22H17ClN4O3S2/c1-12-18(32-22(24-12)27-20(29)15-5-3-4-6-16(15)23)17-11-31-21(25-17)26-19(28)13-7-9-14(30-2)10-8-13/h3-11H,1-2H3,(H,24,27,29)(H,25,26,28). The molecule has 0 aliphatic carbocycles. The number of thiazole rings is 2. The van der Waals surface area contributed by atoms with E-state index in [1.807, 2.05) is 12.3 Å². The van der Waals surface area contributed by atoms with Crippen molar-refractivity contribution in [1.82, 2.24) is 9.97 Å². The number of nitrogens with one attached hydrogen (secondary N) is 2. The zero-order chi connectivity index (χ0) is 22.7. The number of rotatable bonds is 6. The van der Waals surface area contributed by atoms with Gasteiger partial charge in [0.2, 0.25) is 0 Å². The van der Waals surface area contributed by atoms with Crippen molar-refractivity contribution in [3.8, 4) is 16.3 Å². The number of nitrogens with zero attached hydrogens (tertiary/aromatic N) is 2. The number of halogens is 1. The predicted octanol–water partition coefficient (Wildman–Crippen LogP) is 5.74. The first-order valence-electron chi connectivity index (χ1n) is 9.39. The van der Waals surface area contributed by atoms with Gasteiger partial charge in [0.05, 0.1) is 34.0 Å². The molecule has 10 heteroatoms. The molecular formula is C22H17ClN4O3S2. The summed E-state index contributed by atoms with van der Waals surface area (Å²) in [4.78, 5) is 34.7.